The monoisotopic (exact) mass is 210 g/mol. The lowest BCUT2D eigenvalue weighted by atomic mass is 10.1. The van der Waals surface area contributed by atoms with Crippen molar-refractivity contribution >= 4 is 17.7 Å². The number of ether oxygens (including phenoxy) is 1. The normalized spacial score (nSPS) is 11.5. The van der Waals surface area contributed by atoms with E-state index in [0.29, 0.717) is 12.5 Å². The highest BCUT2D eigenvalue weighted by atomic mass is 35.5. The predicted molar refractivity (Wildman–Crippen MR) is 62.0 cm³/mol. The highest BCUT2D eigenvalue weighted by Gasteiger charge is 1.94. The lowest BCUT2D eigenvalue weighted by Gasteiger charge is -2.03. The van der Waals surface area contributed by atoms with Crippen LogP contribution in [0.1, 0.15) is 19.4 Å². The molecule has 76 valence electrons. The van der Waals surface area contributed by atoms with Crippen molar-refractivity contribution in [3.8, 4) is 5.75 Å². The highest BCUT2D eigenvalue weighted by Crippen LogP contribution is 2.16. The fraction of sp³-hybridized carbons (Fsp3) is 0.333. The van der Waals surface area contributed by atoms with Crippen molar-refractivity contribution < 1.29 is 4.74 Å². The molecule has 1 aromatic carbocycles. The van der Waals surface area contributed by atoms with Crippen molar-refractivity contribution in [1.29, 1.82) is 0 Å². The van der Waals surface area contributed by atoms with Crippen LogP contribution in [-0.2, 0) is 0 Å². The summed E-state index contributed by atoms with van der Waals surface area (Å²) in [5, 5.41) is 0. The second kappa shape index (κ2) is 5.71. The molecule has 0 aliphatic carbocycles. The number of allylic oxidation sites excluding steroid dienone is 1. The van der Waals surface area contributed by atoms with Gasteiger partial charge in [-0.05, 0) is 31.5 Å². The molecule has 1 aromatic rings. The van der Waals surface area contributed by atoms with E-state index in [4.69, 9.17) is 16.3 Å². The van der Waals surface area contributed by atoms with Crippen LogP contribution in [0.4, 0.5) is 0 Å². The summed E-state index contributed by atoms with van der Waals surface area (Å²) in [7, 11) is 0. The Morgan fingerprint density at radius 1 is 1.50 bits per heavy atom. The third-order valence-corrected chi connectivity index (χ3v) is 2.21. The fourth-order valence-corrected chi connectivity index (χ4v) is 1.26. The molecule has 0 aliphatic rings. The van der Waals surface area contributed by atoms with Crippen LogP contribution in [0.25, 0.3) is 6.08 Å². The molecular formula is C12H15ClO. The first kappa shape index (κ1) is 11.1. The van der Waals surface area contributed by atoms with Crippen molar-refractivity contribution in [2.45, 2.75) is 13.8 Å². The Balaban J connectivity index is 2.83. The van der Waals surface area contributed by atoms with Crippen molar-refractivity contribution in [3.63, 3.8) is 0 Å². The molecule has 14 heavy (non-hydrogen) atoms. The molecule has 0 unspecified atom stereocenters. The average Bonchev–Trinajstić information content (AvgIpc) is 2.19. The Labute approximate surface area is 90.3 Å². The molecule has 0 radical (unpaired) electrons. The number of hydrogen-bond donors (Lipinski definition) is 0. The molecule has 1 nitrogen and oxygen atoms in total. The van der Waals surface area contributed by atoms with E-state index in [9.17, 15) is 0 Å². The maximum absolute atomic E-state index is 5.70. The van der Waals surface area contributed by atoms with Gasteiger partial charge in [0.15, 0.2) is 0 Å². The molecule has 0 spiro atoms. The summed E-state index contributed by atoms with van der Waals surface area (Å²) in [6.07, 6.45) is 2.06. The SMILES string of the molecule is CCOc1cccc(C=C(C)CCl)c1. The van der Waals surface area contributed by atoms with Crippen LogP contribution < -0.4 is 4.74 Å². The lowest BCUT2D eigenvalue weighted by molar-refractivity contribution is 0.340. The quantitative estimate of drug-likeness (QED) is 0.689. The van der Waals surface area contributed by atoms with E-state index in [1.165, 1.54) is 0 Å². The average molecular weight is 211 g/mol. The van der Waals surface area contributed by atoms with Gasteiger partial charge >= 0.3 is 0 Å². The number of rotatable bonds is 4. The van der Waals surface area contributed by atoms with Gasteiger partial charge in [-0.1, -0.05) is 23.8 Å². The molecule has 0 aromatic heterocycles. The van der Waals surface area contributed by atoms with Gasteiger partial charge in [0.2, 0.25) is 0 Å². The summed E-state index contributed by atoms with van der Waals surface area (Å²) >= 11 is 5.70. The van der Waals surface area contributed by atoms with Gasteiger partial charge in [0.05, 0.1) is 6.61 Å². The third-order valence-electron chi connectivity index (χ3n) is 1.79. The molecule has 1 rings (SSSR count). The molecule has 0 saturated carbocycles. The summed E-state index contributed by atoms with van der Waals surface area (Å²) in [6, 6.07) is 7.99. The Kier molecular flexibility index (Phi) is 4.54. The summed E-state index contributed by atoms with van der Waals surface area (Å²) in [4.78, 5) is 0. The number of hydrogen-bond acceptors (Lipinski definition) is 1. The van der Waals surface area contributed by atoms with E-state index in [0.717, 1.165) is 16.9 Å². The Bertz CT molecular complexity index is 318. The van der Waals surface area contributed by atoms with E-state index in [1.807, 2.05) is 38.1 Å². The molecule has 0 fully saturated rings. The molecule has 0 heterocycles. The number of benzene rings is 1. The van der Waals surface area contributed by atoms with Crippen LogP contribution in [0.3, 0.4) is 0 Å². The van der Waals surface area contributed by atoms with Gasteiger partial charge in [0.1, 0.15) is 5.75 Å². The van der Waals surface area contributed by atoms with E-state index in [2.05, 4.69) is 6.08 Å². The standard InChI is InChI=1S/C12H15ClO/c1-3-14-12-6-4-5-11(8-12)7-10(2)9-13/h4-8H,3,9H2,1-2H3. The van der Waals surface area contributed by atoms with Gasteiger partial charge in [-0.15, -0.1) is 11.6 Å². The van der Waals surface area contributed by atoms with Gasteiger partial charge in [-0.2, -0.15) is 0 Å². The largest absolute Gasteiger partial charge is 0.494 e. The Hall–Kier alpha value is -0.950. The molecule has 0 bridgehead atoms. The van der Waals surface area contributed by atoms with Gasteiger partial charge in [-0.3, -0.25) is 0 Å². The van der Waals surface area contributed by atoms with Gasteiger partial charge in [0, 0.05) is 5.88 Å². The predicted octanol–water partition coefficient (Wildman–Crippen LogP) is 3.73. The van der Waals surface area contributed by atoms with Crippen molar-refractivity contribution in [2.75, 3.05) is 12.5 Å². The topological polar surface area (TPSA) is 9.23 Å². The first-order valence-electron chi connectivity index (χ1n) is 4.72. The minimum atomic E-state index is 0.568. The van der Waals surface area contributed by atoms with E-state index >= 15 is 0 Å². The first-order valence-corrected chi connectivity index (χ1v) is 5.25. The Morgan fingerprint density at radius 3 is 2.93 bits per heavy atom. The minimum absolute atomic E-state index is 0.568. The third kappa shape index (κ3) is 3.43. The second-order valence-corrected chi connectivity index (χ2v) is 3.40. The molecule has 2 heteroatoms. The van der Waals surface area contributed by atoms with Crippen molar-refractivity contribution in [3.05, 3.63) is 35.4 Å². The summed E-state index contributed by atoms with van der Waals surface area (Å²) in [5.74, 6) is 1.47. The first-order chi connectivity index (χ1) is 6.76. The molecule has 0 amide bonds. The van der Waals surface area contributed by atoms with Crippen LogP contribution in [0.15, 0.2) is 29.8 Å². The zero-order valence-corrected chi connectivity index (χ0v) is 9.34. The smallest absolute Gasteiger partial charge is 0.119 e. The van der Waals surface area contributed by atoms with E-state index in [1.54, 1.807) is 0 Å². The summed E-state index contributed by atoms with van der Waals surface area (Å²) < 4.78 is 5.40. The minimum Gasteiger partial charge on any atom is -0.494 e. The van der Waals surface area contributed by atoms with Crippen molar-refractivity contribution in [2.24, 2.45) is 0 Å². The van der Waals surface area contributed by atoms with Crippen molar-refractivity contribution in [1.82, 2.24) is 0 Å². The number of halogens is 1. The van der Waals surface area contributed by atoms with Crippen LogP contribution in [0, 0.1) is 0 Å². The fourth-order valence-electron chi connectivity index (χ4n) is 1.18. The Morgan fingerprint density at radius 2 is 2.29 bits per heavy atom. The molecule has 0 N–H and O–H groups in total. The van der Waals surface area contributed by atoms with Gasteiger partial charge in [-0.25, -0.2) is 0 Å². The van der Waals surface area contributed by atoms with Crippen LogP contribution in [-0.4, -0.2) is 12.5 Å². The van der Waals surface area contributed by atoms with Crippen LogP contribution in [0.2, 0.25) is 0 Å². The molecule has 0 atom stereocenters. The summed E-state index contributed by atoms with van der Waals surface area (Å²) in [5.41, 5.74) is 2.29. The van der Waals surface area contributed by atoms with E-state index < -0.39 is 0 Å². The second-order valence-electron chi connectivity index (χ2n) is 3.13. The molecule has 0 aliphatic heterocycles. The zero-order valence-electron chi connectivity index (χ0n) is 8.59. The zero-order chi connectivity index (χ0) is 10.4. The maximum atomic E-state index is 5.70. The van der Waals surface area contributed by atoms with E-state index in [-0.39, 0.29) is 0 Å². The number of alkyl halides is 1. The molecule has 0 saturated heterocycles. The highest BCUT2D eigenvalue weighted by molar-refractivity contribution is 6.19. The van der Waals surface area contributed by atoms with Gasteiger partial charge in [0.25, 0.3) is 0 Å². The van der Waals surface area contributed by atoms with Crippen LogP contribution >= 0.6 is 11.6 Å². The van der Waals surface area contributed by atoms with Gasteiger partial charge < -0.3 is 4.74 Å². The summed E-state index contributed by atoms with van der Waals surface area (Å²) in [6.45, 7) is 4.69. The maximum Gasteiger partial charge on any atom is 0.119 e. The molecular weight excluding hydrogens is 196 g/mol. The van der Waals surface area contributed by atoms with Crippen LogP contribution in [0.5, 0.6) is 5.75 Å². The lowest BCUT2D eigenvalue weighted by Crippen LogP contribution is -1.91.